The van der Waals surface area contributed by atoms with E-state index in [4.69, 9.17) is 9.73 Å². The second-order valence-electron chi connectivity index (χ2n) is 7.86. The van der Waals surface area contributed by atoms with Gasteiger partial charge in [-0.25, -0.2) is 12.7 Å². The number of guanidine groups is 1. The van der Waals surface area contributed by atoms with E-state index in [0.29, 0.717) is 32.1 Å². The summed E-state index contributed by atoms with van der Waals surface area (Å²) in [5.74, 6) is 1.12. The Morgan fingerprint density at radius 3 is 2.60 bits per heavy atom. The van der Waals surface area contributed by atoms with Crippen molar-refractivity contribution in [2.75, 3.05) is 45.6 Å². The van der Waals surface area contributed by atoms with Gasteiger partial charge in [-0.15, -0.1) is 0 Å². The molecule has 0 aliphatic carbocycles. The quantitative estimate of drug-likeness (QED) is 0.333. The first-order valence-corrected chi connectivity index (χ1v) is 12.9. The van der Waals surface area contributed by atoms with Gasteiger partial charge in [0.15, 0.2) is 5.96 Å². The molecule has 0 aromatic heterocycles. The molecule has 0 saturated carbocycles. The number of nitrogens with one attached hydrogen (secondary N) is 2. The molecule has 0 bridgehead atoms. The molecule has 0 amide bonds. The highest BCUT2D eigenvalue weighted by Gasteiger charge is 2.27. The fourth-order valence-corrected chi connectivity index (χ4v) is 4.66. The topological polar surface area (TPSA) is 83.0 Å². The number of hydrogen-bond donors (Lipinski definition) is 2. The summed E-state index contributed by atoms with van der Waals surface area (Å²) in [4.78, 5) is 4.80. The lowest BCUT2D eigenvalue weighted by Crippen LogP contribution is -2.40. The van der Waals surface area contributed by atoms with E-state index in [1.807, 2.05) is 13.8 Å². The van der Waals surface area contributed by atoms with E-state index in [0.717, 1.165) is 38.4 Å². The molecule has 1 aliphatic rings. The molecule has 2 atom stereocenters. The molecular weight excluding hydrogens is 400 g/mol. The second-order valence-corrected chi connectivity index (χ2v) is 9.84. The number of aliphatic imine (C=N–C) groups is 1. The van der Waals surface area contributed by atoms with Gasteiger partial charge in [0.25, 0.3) is 0 Å². The van der Waals surface area contributed by atoms with Crippen molar-refractivity contribution < 1.29 is 13.2 Å². The standard InChI is InChI=1S/C22H38N4O3S/c1-5-23-22(24-14-8-15-26(6-2)30(4,27)28)25-17-20-9-7-16-29-21(20)19-12-10-18(3)11-13-19/h10-13,20-21H,5-9,14-17H2,1-4H3,(H2,23,24,25). The molecular formula is C22H38N4O3S. The third kappa shape index (κ3) is 7.89. The first kappa shape index (κ1) is 24.6. The SMILES string of the molecule is CCNC(=NCC1CCCOC1c1ccc(C)cc1)NCCCN(CC)S(C)(=O)=O. The maximum absolute atomic E-state index is 11.7. The third-order valence-corrected chi connectivity index (χ3v) is 6.76. The van der Waals surface area contributed by atoms with Crippen molar-refractivity contribution in [3.8, 4) is 0 Å². The van der Waals surface area contributed by atoms with Crippen molar-refractivity contribution in [3.63, 3.8) is 0 Å². The average Bonchev–Trinajstić information content (AvgIpc) is 2.72. The molecule has 2 unspecified atom stereocenters. The molecule has 30 heavy (non-hydrogen) atoms. The Balaban J connectivity index is 1.92. The minimum absolute atomic E-state index is 0.0823. The summed E-state index contributed by atoms with van der Waals surface area (Å²) in [6, 6.07) is 8.59. The van der Waals surface area contributed by atoms with E-state index in [1.165, 1.54) is 21.7 Å². The molecule has 7 nitrogen and oxygen atoms in total. The largest absolute Gasteiger partial charge is 0.373 e. The molecule has 8 heteroatoms. The lowest BCUT2D eigenvalue weighted by Gasteiger charge is -2.31. The molecule has 1 fully saturated rings. The number of hydrogen-bond acceptors (Lipinski definition) is 4. The summed E-state index contributed by atoms with van der Waals surface area (Å²) >= 11 is 0. The van der Waals surface area contributed by atoms with Crippen LogP contribution in [0.2, 0.25) is 0 Å². The summed E-state index contributed by atoms with van der Waals surface area (Å²) in [6.45, 7) is 9.93. The zero-order valence-corrected chi connectivity index (χ0v) is 19.7. The fourth-order valence-electron chi connectivity index (χ4n) is 3.73. The molecule has 0 spiro atoms. The molecule has 1 aromatic carbocycles. The van der Waals surface area contributed by atoms with Crippen LogP contribution >= 0.6 is 0 Å². The Kier molecular flexibility index (Phi) is 10.1. The average molecular weight is 439 g/mol. The van der Waals surface area contributed by atoms with Gasteiger partial charge in [0.05, 0.1) is 12.4 Å². The number of rotatable bonds is 10. The van der Waals surface area contributed by atoms with Crippen molar-refractivity contribution in [1.29, 1.82) is 0 Å². The van der Waals surface area contributed by atoms with Crippen LogP contribution < -0.4 is 10.6 Å². The molecule has 1 saturated heterocycles. The predicted octanol–water partition coefficient (Wildman–Crippen LogP) is 2.69. The molecule has 1 aromatic rings. The van der Waals surface area contributed by atoms with E-state index in [-0.39, 0.29) is 6.10 Å². The first-order chi connectivity index (χ1) is 14.3. The highest BCUT2D eigenvalue weighted by Crippen LogP contribution is 2.33. The molecule has 1 heterocycles. The lowest BCUT2D eigenvalue weighted by atomic mass is 9.89. The van der Waals surface area contributed by atoms with Crippen LogP contribution in [0.1, 0.15) is 50.3 Å². The van der Waals surface area contributed by atoms with E-state index in [9.17, 15) is 8.42 Å². The van der Waals surface area contributed by atoms with Crippen molar-refractivity contribution >= 4 is 16.0 Å². The van der Waals surface area contributed by atoms with Crippen LogP contribution in [0, 0.1) is 12.8 Å². The monoisotopic (exact) mass is 438 g/mol. The molecule has 2 rings (SSSR count). The molecule has 1 aliphatic heterocycles. The Morgan fingerprint density at radius 1 is 1.23 bits per heavy atom. The molecule has 170 valence electrons. The van der Waals surface area contributed by atoms with Crippen molar-refractivity contribution in [3.05, 3.63) is 35.4 Å². The molecule has 2 N–H and O–H groups in total. The van der Waals surface area contributed by atoms with Crippen LogP contribution in [0.5, 0.6) is 0 Å². The van der Waals surface area contributed by atoms with E-state index < -0.39 is 10.0 Å². The van der Waals surface area contributed by atoms with E-state index in [2.05, 4.69) is 41.8 Å². The maximum atomic E-state index is 11.7. The number of benzene rings is 1. The summed E-state index contributed by atoms with van der Waals surface area (Å²) < 4.78 is 31.0. The van der Waals surface area contributed by atoms with Gasteiger partial charge >= 0.3 is 0 Å². The lowest BCUT2D eigenvalue weighted by molar-refractivity contribution is -0.0250. The summed E-state index contributed by atoms with van der Waals surface area (Å²) in [7, 11) is -3.14. The summed E-state index contributed by atoms with van der Waals surface area (Å²) in [5, 5.41) is 6.61. The fraction of sp³-hybridized carbons (Fsp3) is 0.682. The van der Waals surface area contributed by atoms with Crippen molar-refractivity contribution in [2.24, 2.45) is 10.9 Å². The van der Waals surface area contributed by atoms with E-state index in [1.54, 1.807) is 0 Å². The molecule has 0 radical (unpaired) electrons. The van der Waals surface area contributed by atoms with Crippen molar-refractivity contribution in [2.45, 2.75) is 46.1 Å². The highest BCUT2D eigenvalue weighted by molar-refractivity contribution is 7.88. The zero-order chi connectivity index (χ0) is 22.0. The third-order valence-electron chi connectivity index (χ3n) is 5.38. The number of sulfonamides is 1. The van der Waals surface area contributed by atoms with Crippen LogP contribution in [0.15, 0.2) is 29.3 Å². The van der Waals surface area contributed by atoms with Crippen LogP contribution in [-0.4, -0.2) is 64.3 Å². The summed E-state index contributed by atoms with van der Waals surface area (Å²) in [6.07, 6.45) is 4.22. The highest BCUT2D eigenvalue weighted by atomic mass is 32.2. The van der Waals surface area contributed by atoms with Gasteiger partial charge in [-0.3, -0.25) is 4.99 Å². The Hall–Kier alpha value is -1.64. The van der Waals surface area contributed by atoms with Crippen LogP contribution in [0.3, 0.4) is 0 Å². The van der Waals surface area contributed by atoms with Gasteiger partial charge in [0, 0.05) is 45.2 Å². The van der Waals surface area contributed by atoms with Crippen molar-refractivity contribution in [1.82, 2.24) is 14.9 Å². The maximum Gasteiger partial charge on any atom is 0.211 e. The number of aryl methyl sites for hydroxylation is 1. The Bertz CT molecular complexity index is 765. The van der Waals surface area contributed by atoms with Gasteiger partial charge < -0.3 is 15.4 Å². The van der Waals surface area contributed by atoms with Gasteiger partial charge in [-0.2, -0.15) is 0 Å². The van der Waals surface area contributed by atoms with Gasteiger partial charge in [-0.1, -0.05) is 36.8 Å². The van der Waals surface area contributed by atoms with Crippen LogP contribution in [0.4, 0.5) is 0 Å². The van der Waals surface area contributed by atoms with Crippen LogP contribution in [-0.2, 0) is 14.8 Å². The van der Waals surface area contributed by atoms with Crippen LogP contribution in [0.25, 0.3) is 0 Å². The van der Waals surface area contributed by atoms with E-state index >= 15 is 0 Å². The minimum Gasteiger partial charge on any atom is -0.373 e. The minimum atomic E-state index is -3.14. The zero-order valence-electron chi connectivity index (χ0n) is 18.9. The smallest absolute Gasteiger partial charge is 0.211 e. The van der Waals surface area contributed by atoms with Gasteiger partial charge in [-0.05, 0) is 38.7 Å². The number of ether oxygens (including phenoxy) is 1. The Labute approximate surface area is 182 Å². The normalized spacial score (nSPS) is 20.4. The first-order valence-electron chi connectivity index (χ1n) is 11.0. The number of nitrogens with zero attached hydrogens (tertiary/aromatic N) is 2. The van der Waals surface area contributed by atoms with Gasteiger partial charge in [0.1, 0.15) is 0 Å². The Morgan fingerprint density at radius 2 is 1.97 bits per heavy atom. The van der Waals surface area contributed by atoms with Gasteiger partial charge in [0.2, 0.25) is 10.0 Å². The second kappa shape index (κ2) is 12.3. The summed E-state index contributed by atoms with van der Waals surface area (Å²) in [5.41, 5.74) is 2.47. The predicted molar refractivity (Wildman–Crippen MR) is 123 cm³/mol.